The first-order chi connectivity index (χ1) is 8.70. The maximum atomic E-state index is 13.4. The van der Waals surface area contributed by atoms with Crippen LogP contribution < -0.4 is 5.73 Å². The van der Waals surface area contributed by atoms with Crippen molar-refractivity contribution >= 4 is 11.3 Å². The van der Waals surface area contributed by atoms with Gasteiger partial charge in [0.25, 0.3) is 0 Å². The molecule has 18 heavy (non-hydrogen) atoms. The van der Waals surface area contributed by atoms with E-state index in [1.807, 2.05) is 19.1 Å². The molecule has 2 rings (SSSR count). The number of aryl methyl sites for hydroxylation is 1. The molecule has 0 amide bonds. The Labute approximate surface area is 110 Å². The van der Waals surface area contributed by atoms with Gasteiger partial charge in [0.2, 0.25) is 0 Å². The van der Waals surface area contributed by atoms with Crippen molar-refractivity contribution in [2.75, 3.05) is 6.54 Å². The normalized spacial score (nSPS) is 12.6. The predicted octanol–water partition coefficient (Wildman–Crippen LogP) is 3.41. The van der Waals surface area contributed by atoms with E-state index in [0.29, 0.717) is 12.1 Å². The van der Waals surface area contributed by atoms with Crippen molar-refractivity contribution in [1.29, 1.82) is 0 Å². The van der Waals surface area contributed by atoms with Crippen LogP contribution in [0.2, 0.25) is 0 Å². The molecular formula is C14H16FNOS. The number of hydrogen-bond donors (Lipinski definition) is 1. The minimum Gasteiger partial charge on any atom is -0.367 e. The van der Waals surface area contributed by atoms with Gasteiger partial charge in [-0.1, -0.05) is 18.2 Å². The lowest BCUT2D eigenvalue weighted by Crippen LogP contribution is -2.15. The first-order valence-corrected chi connectivity index (χ1v) is 6.63. The number of ether oxygens (including phenoxy) is 1. The first-order valence-electron chi connectivity index (χ1n) is 5.82. The van der Waals surface area contributed by atoms with E-state index in [4.69, 9.17) is 10.5 Å². The molecule has 0 radical (unpaired) electrons. The molecule has 1 unspecified atom stereocenters. The second kappa shape index (κ2) is 6.09. The van der Waals surface area contributed by atoms with E-state index in [9.17, 15) is 4.39 Å². The zero-order valence-corrected chi connectivity index (χ0v) is 11.0. The van der Waals surface area contributed by atoms with Crippen molar-refractivity contribution < 1.29 is 9.13 Å². The molecule has 0 fully saturated rings. The van der Waals surface area contributed by atoms with E-state index < -0.39 is 0 Å². The molecule has 1 aromatic carbocycles. The van der Waals surface area contributed by atoms with Gasteiger partial charge in [0.15, 0.2) is 0 Å². The van der Waals surface area contributed by atoms with Gasteiger partial charge in [0, 0.05) is 21.9 Å². The summed E-state index contributed by atoms with van der Waals surface area (Å²) in [5, 5.41) is 0. The third kappa shape index (κ3) is 3.16. The average Bonchev–Trinajstić information content (AvgIpc) is 2.79. The standard InChI is InChI=1S/C14H16FNOS/c1-10-6-7-14(18-10)13(8-16)17-9-11-4-2-3-5-12(11)15/h2-7,13H,8-9,16H2,1H3. The third-order valence-electron chi connectivity index (χ3n) is 2.69. The highest BCUT2D eigenvalue weighted by Crippen LogP contribution is 2.26. The molecular weight excluding hydrogens is 249 g/mol. The Morgan fingerprint density at radius 3 is 2.67 bits per heavy atom. The Morgan fingerprint density at radius 1 is 1.28 bits per heavy atom. The molecule has 0 aliphatic heterocycles. The van der Waals surface area contributed by atoms with Crippen LogP contribution >= 0.6 is 11.3 Å². The highest BCUT2D eigenvalue weighted by molar-refractivity contribution is 7.12. The Bertz CT molecular complexity index is 512. The molecule has 2 aromatic rings. The minimum absolute atomic E-state index is 0.164. The van der Waals surface area contributed by atoms with Crippen molar-refractivity contribution in [3.8, 4) is 0 Å². The van der Waals surface area contributed by atoms with Crippen LogP contribution in [0.4, 0.5) is 4.39 Å². The van der Waals surface area contributed by atoms with Crippen molar-refractivity contribution in [3.05, 3.63) is 57.5 Å². The Morgan fingerprint density at radius 2 is 2.06 bits per heavy atom. The summed E-state index contributed by atoms with van der Waals surface area (Å²) in [7, 11) is 0. The number of benzene rings is 1. The second-order valence-corrected chi connectivity index (χ2v) is 5.39. The maximum absolute atomic E-state index is 13.4. The van der Waals surface area contributed by atoms with E-state index in [1.54, 1.807) is 29.5 Å². The average molecular weight is 265 g/mol. The lowest BCUT2D eigenvalue weighted by atomic mass is 10.2. The molecule has 4 heteroatoms. The van der Waals surface area contributed by atoms with Gasteiger partial charge < -0.3 is 10.5 Å². The lowest BCUT2D eigenvalue weighted by molar-refractivity contribution is 0.0463. The summed E-state index contributed by atoms with van der Waals surface area (Å²) < 4.78 is 19.1. The SMILES string of the molecule is Cc1ccc(C(CN)OCc2ccccc2F)s1. The molecule has 0 aliphatic carbocycles. The van der Waals surface area contributed by atoms with Crippen LogP contribution in [-0.2, 0) is 11.3 Å². The van der Waals surface area contributed by atoms with Crippen LogP contribution in [0.5, 0.6) is 0 Å². The van der Waals surface area contributed by atoms with Crippen LogP contribution in [0.3, 0.4) is 0 Å². The highest BCUT2D eigenvalue weighted by Gasteiger charge is 2.13. The summed E-state index contributed by atoms with van der Waals surface area (Å²) >= 11 is 1.66. The van der Waals surface area contributed by atoms with E-state index in [0.717, 1.165) is 4.88 Å². The van der Waals surface area contributed by atoms with Gasteiger partial charge in [-0.2, -0.15) is 0 Å². The zero-order valence-electron chi connectivity index (χ0n) is 10.2. The molecule has 0 spiro atoms. The van der Waals surface area contributed by atoms with Gasteiger partial charge in [-0.05, 0) is 25.1 Å². The Kier molecular flexibility index (Phi) is 4.47. The summed E-state index contributed by atoms with van der Waals surface area (Å²) in [5.41, 5.74) is 6.26. The minimum atomic E-state index is -0.240. The van der Waals surface area contributed by atoms with Gasteiger partial charge in [-0.25, -0.2) is 4.39 Å². The third-order valence-corrected chi connectivity index (χ3v) is 3.78. The van der Waals surface area contributed by atoms with E-state index in [2.05, 4.69) is 0 Å². The van der Waals surface area contributed by atoms with Crippen LogP contribution in [0.1, 0.15) is 21.4 Å². The molecule has 0 aliphatic rings. The Balaban J connectivity index is 2.02. The van der Waals surface area contributed by atoms with Crippen LogP contribution in [0.15, 0.2) is 36.4 Å². The molecule has 1 aromatic heterocycles. The van der Waals surface area contributed by atoms with Crippen molar-refractivity contribution in [3.63, 3.8) is 0 Å². The fourth-order valence-corrected chi connectivity index (χ4v) is 2.64. The number of halogens is 1. The fraction of sp³-hybridized carbons (Fsp3) is 0.286. The molecule has 96 valence electrons. The van der Waals surface area contributed by atoms with Crippen LogP contribution in [0, 0.1) is 12.7 Å². The fourth-order valence-electron chi connectivity index (χ4n) is 1.70. The Hall–Kier alpha value is -1.23. The first kappa shape index (κ1) is 13.2. The highest BCUT2D eigenvalue weighted by atomic mass is 32.1. The largest absolute Gasteiger partial charge is 0.367 e. The summed E-state index contributed by atoms with van der Waals surface area (Å²) in [4.78, 5) is 2.31. The predicted molar refractivity (Wildman–Crippen MR) is 72.0 cm³/mol. The molecule has 0 saturated carbocycles. The second-order valence-electron chi connectivity index (χ2n) is 4.08. The number of rotatable bonds is 5. The molecule has 0 saturated heterocycles. The summed E-state index contributed by atoms with van der Waals surface area (Å²) in [6, 6.07) is 10.7. The quantitative estimate of drug-likeness (QED) is 0.899. The van der Waals surface area contributed by atoms with E-state index in [1.165, 1.54) is 10.9 Å². The van der Waals surface area contributed by atoms with Crippen molar-refractivity contribution in [2.45, 2.75) is 19.6 Å². The molecule has 2 nitrogen and oxygen atoms in total. The number of thiophene rings is 1. The topological polar surface area (TPSA) is 35.2 Å². The maximum Gasteiger partial charge on any atom is 0.128 e. The zero-order chi connectivity index (χ0) is 13.0. The molecule has 0 bridgehead atoms. The molecule has 1 heterocycles. The van der Waals surface area contributed by atoms with E-state index in [-0.39, 0.29) is 18.5 Å². The lowest BCUT2D eigenvalue weighted by Gasteiger charge is -2.14. The van der Waals surface area contributed by atoms with Crippen LogP contribution in [0.25, 0.3) is 0 Å². The van der Waals surface area contributed by atoms with Gasteiger partial charge in [-0.15, -0.1) is 11.3 Å². The smallest absolute Gasteiger partial charge is 0.128 e. The summed E-state index contributed by atoms with van der Waals surface area (Å²) in [5.74, 6) is -0.240. The number of hydrogen-bond acceptors (Lipinski definition) is 3. The van der Waals surface area contributed by atoms with Gasteiger partial charge >= 0.3 is 0 Å². The van der Waals surface area contributed by atoms with Gasteiger partial charge in [0.1, 0.15) is 11.9 Å². The number of nitrogens with two attached hydrogens (primary N) is 1. The summed E-state index contributed by atoms with van der Waals surface area (Å²) in [6.45, 7) is 2.68. The van der Waals surface area contributed by atoms with Gasteiger partial charge in [-0.3, -0.25) is 0 Å². The van der Waals surface area contributed by atoms with Crippen molar-refractivity contribution in [1.82, 2.24) is 0 Å². The monoisotopic (exact) mass is 265 g/mol. The summed E-state index contributed by atoms with van der Waals surface area (Å²) in [6.07, 6.45) is -0.164. The van der Waals surface area contributed by atoms with E-state index >= 15 is 0 Å². The molecule has 2 N–H and O–H groups in total. The van der Waals surface area contributed by atoms with Crippen molar-refractivity contribution in [2.24, 2.45) is 5.73 Å². The molecule has 1 atom stereocenters. The van der Waals surface area contributed by atoms with Crippen LogP contribution in [-0.4, -0.2) is 6.54 Å². The van der Waals surface area contributed by atoms with Gasteiger partial charge in [0.05, 0.1) is 6.61 Å².